The third kappa shape index (κ3) is 4.72. The monoisotopic (exact) mass is 410 g/mol. The van der Waals surface area contributed by atoms with E-state index in [0.717, 1.165) is 53.8 Å². The Kier molecular flexibility index (Phi) is 6.02. The lowest BCUT2D eigenvalue weighted by Crippen LogP contribution is -2.32. The molecule has 150 valence electrons. The van der Waals surface area contributed by atoms with E-state index in [0.29, 0.717) is 6.61 Å². The van der Waals surface area contributed by atoms with Crippen molar-refractivity contribution in [1.82, 2.24) is 4.90 Å². The average Bonchev–Trinajstić information content (AvgIpc) is 2.87. The highest BCUT2D eigenvalue weighted by molar-refractivity contribution is 6.30. The van der Waals surface area contributed by atoms with Crippen LogP contribution in [0.25, 0.3) is 0 Å². The molecule has 1 aliphatic heterocycles. The molecule has 3 nitrogen and oxygen atoms in total. The number of benzene rings is 3. The minimum Gasteiger partial charge on any atom is -0.487 e. The van der Waals surface area contributed by atoms with Gasteiger partial charge in [-0.2, -0.15) is 0 Å². The fourth-order valence-electron chi connectivity index (χ4n) is 3.66. The average molecular weight is 411 g/mol. The minimum atomic E-state index is -0.239. The molecule has 3 aromatic rings. The lowest BCUT2D eigenvalue weighted by atomic mass is 10.1. The van der Waals surface area contributed by atoms with Crippen LogP contribution in [0.1, 0.15) is 11.1 Å². The van der Waals surface area contributed by atoms with E-state index < -0.39 is 0 Å². The fraction of sp³-hybridized carbons (Fsp3) is 0.250. The van der Waals surface area contributed by atoms with Gasteiger partial charge in [0.25, 0.3) is 0 Å². The van der Waals surface area contributed by atoms with Crippen LogP contribution >= 0.6 is 11.6 Å². The summed E-state index contributed by atoms with van der Waals surface area (Å²) in [5, 5.41) is 0.773. The summed E-state index contributed by atoms with van der Waals surface area (Å²) in [4.78, 5) is 4.53. The maximum atomic E-state index is 13.8. The van der Waals surface area contributed by atoms with Crippen molar-refractivity contribution in [2.45, 2.75) is 13.0 Å². The molecule has 3 aromatic carbocycles. The molecule has 1 heterocycles. The number of likely N-dealkylation sites (N-methyl/N-ethyl adjacent to an activating group) is 1. The van der Waals surface area contributed by atoms with Gasteiger partial charge in [-0.25, -0.2) is 4.39 Å². The Morgan fingerprint density at radius 1 is 1.00 bits per heavy atom. The predicted molar refractivity (Wildman–Crippen MR) is 117 cm³/mol. The Labute approximate surface area is 176 Å². The van der Waals surface area contributed by atoms with E-state index in [1.165, 1.54) is 11.6 Å². The van der Waals surface area contributed by atoms with E-state index in [1.54, 1.807) is 6.07 Å². The summed E-state index contributed by atoms with van der Waals surface area (Å²) in [7, 11) is 2.12. The van der Waals surface area contributed by atoms with Gasteiger partial charge >= 0.3 is 0 Å². The van der Waals surface area contributed by atoms with Crippen LogP contribution in [0.5, 0.6) is 5.75 Å². The lowest BCUT2D eigenvalue weighted by Gasteiger charge is -2.28. The number of para-hydroxylation sites is 2. The number of nitrogens with zero attached hydrogens (tertiary/aromatic N) is 2. The summed E-state index contributed by atoms with van der Waals surface area (Å²) >= 11 is 6.09. The van der Waals surface area contributed by atoms with Gasteiger partial charge in [-0.05, 0) is 61.5 Å². The molecule has 0 saturated heterocycles. The number of fused-ring (bicyclic) bond motifs is 2. The zero-order valence-corrected chi connectivity index (χ0v) is 17.2. The van der Waals surface area contributed by atoms with Crippen LogP contribution in [0.15, 0.2) is 66.7 Å². The molecule has 0 N–H and O–H groups in total. The molecule has 0 fully saturated rings. The van der Waals surface area contributed by atoms with Gasteiger partial charge in [0.1, 0.15) is 18.2 Å². The Morgan fingerprint density at radius 3 is 2.72 bits per heavy atom. The van der Waals surface area contributed by atoms with Gasteiger partial charge in [-0.3, -0.25) is 0 Å². The molecule has 0 spiro atoms. The molecule has 0 aliphatic carbocycles. The molecule has 0 atom stereocenters. The zero-order valence-electron chi connectivity index (χ0n) is 16.4. The van der Waals surface area contributed by atoms with E-state index in [1.807, 2.05) is 42.5 Å². The van der Waals surface area contributed by atoms with Crippen LogP contribution in [0.4, 0.5) is 15.8 Å². The van der Waals surface area contributed by atoms with Crippen molar-refractivity contribution in [3.8, 4) is 5.75 Å². The second kappa shape index (κ2) is 8.85. The molecular formula is C24H24ClFN2O. The highest BCUT2D eigenvalue weighted by Crippen LogP contribution is 2.39. The van der Waals surface area contributed by atoms with Crippen molar-refractivity contribution in [3.05, 3.63) is 88.7 Å². The number of rotatable bonds is 6. The maximum Gasteiger partial charge on any atom is 0.143 e. The van der Waals surface area contributed by atoms with E-state index >= 15 is 0 Å². The maximum absolute atomic E-state index is 13.8. The first-order valence-corrected chi connectivity index (χ1v) is 10.2. The fourth-order valence-corrected chi connectivity index (χ4v) is 3.87. The number of halogens is 2. The summed E-state index contributed by atoms with van der Waals surface area (Å²) in [6, 6.07) is 20.9. The SMILES string of the molecule is CN(CCc1cccc(Cl)c1)CCN1c2ccc(F)cc2COc2ccccc21. The zero-order chi connectivity index (χ0) is 20.2. The molecule has 0 bridgehead atoms. The summed E-state index contributed by atoms with van der Waals surface area (Å²) in [5.41, 5.74) is 4.11. The molecule has 29 heavy (non-hydrogen) atoms. The number of ether oxygens (including phenoxy) is 1. The molecule has 1 aliphatic rings. The standard InChI is InChI=1S/C24H24ClFN2O/c1-27(12-11-18-5-4-6-20(25)15-18)13-14-28-22-10-9-21(26)16-19(22)17-29-24-8-3-2-7-23(24)28/h2-10,15-16H,11-14,17H2,1H3. The Balaban J connectivity index is 1.48. The number of hydrogen-bond acceptors (Lipinski definition) is 3. The first-order chi connectivity index (χ1) is 14.1. The molecular weight excluding hydrogens is 387 g/mol. The Bertz CT molecular complexity index is 994. The molecule has 0 amide bonds. The molecule has 0 radical (unpaired) electrons. The number of anilines is 2. The van der Waals surface area contributed by atoms with E-state index in [2.05, 4.69) is 29.0 Å². The molecule has 0 saturated carbocycles. The highest BCUT2D eigenvalue weighted by Gasteiger charge is 2.22. The van der Waals surface area contributed by atoms with Crippen molar-refractivity contribution in [1.29, 1.82) is 0 Å². The molecule has 5 heteroatoms. The first-order valence-electron chi connectivity index (χ1n) is 9.81. The molecule has 0 unspecified atom stereocenters. The third-order valence-corrected chi connectivity index (χ3v) is 5.48. The Hall–Kier alpha value is -2.56. The van der Waals surface area contributed by atoms with Crippen LogP contribution in [-0.2, 0) is 13.0 Å². The first kappa shape index (κ1) is 19.7. The largest absolute Gasteiger partial charge is 0.487 e. The second-order valence-electron chi connectivity index (χ2n) is 7.36. The topological polar surface area (TPSA) is 15.7 Å². The van der Waals surface area contributed by atoms with Crippen molar-refractivity contribution < 1.29 is 9.13 Å². The lowest BCUT2D eigenvalue weighted by molar-refractivity contribution is 0.310. The van der Waals surface area contributed by atoms with E-state index in [-0.39, 0.29) is 5.82 Å². The minimum absolute atomic E-state index is 0.239. The highest BCUT2D eigenvalue weighted by atomic mass is 35.5. The van der Waals surface area contributed by atoms with E-state index in [4.69, 9.17) is 16.3 Å². The van der Waals surface area contributed by atoms with Gasteiger partial charge in [0.2, 0.25) is 0 Å². The van der Waals surface area contributed by atoms with Gasteiger partial charge < -0.3 is 14.5 Å². The van der Waals surface area contributed by atoms with Crippen LogP contribution in [0, 0.1) is 5.82 Å². The van der Waals surface area contributed by atoms with Crippen molar-refractivity contribution in [2.24, 2.45) is 0 Å². The molecule has 0 aromatic heterocycles. The summed E-state index contributed by atoms with van der Waals surface area (Å²) in [6.07, 6.45) is 0.943. The van der Waals surface area contributed by atoms with Crippen LogP contribution in [0.2, 0.25) is 5.02 Å². The van der Waals surface area contributed by atoms with Crippen LogP contribution in [0.3, 0.4) is 0 Å². The van der Waals surface area contributed by atoms with Crippen molar-refractivity contribution in [2.75, 3.05) is 31.6 Å². The van der Waals surface area contributed by atoms with Gasteiger partial charge in [0.15, 0.2) is 0 Å². The quantitative estimate of drug-likeness (QED) is 0.519. The summed E-state index contributed by atoms with van der Waals surface area (Å²) in [6.45, 7) is 2.95. The van der Waals surface area contributed by atoms with Gasteiger partial charge in [0.05, 0.1) is 5.69 Å². The van der Waals surface area contributed by atoms with Gasteiger partial charge in [-0.1, -0.05) is 35.9 Å². The second-order valence-corrected chi connectivity index (χ2v) is 7.80. The third-order valence-electron chi connectivity index (χ3n) is 5.25. The van der Waals surface area contributed by atoms with Crippen LogP contribution in [-0.4, -0.2) is 31.6 Å². The normalized spacial score (nSPS) is 12.9. The van der Waals surface area contributed by atoms with Gasteiger partial charge in [0, 0.05) is 35.9 Å². The van der Waals surface area contributed by atoms with Gasteiger partial charge in [-0.15, -0.1) is 0 Å². The molecule has 4 rings (SSSR count). The summed E-state index contributed by atoms with van der Waals surface area (Å²) < 4.78 is 19.7. The predicted octanol–water partition coefficient (Wildman–Crippen LogP) is 5.68. The smallest absolute Gasteiger partial charge is 0.143 e. The number of hydrogen-bond donors (Lipinski definition) is 0. The van der Waals surface area contributed by atoms with Crippen molar-refractivity contribution >= 4 is 23.0 Å². The van der Waals surface area contributed by atoms with E-state index in [9.17, 15) is 4.39 Å². The van der Waals surface area contributed by atoms with Crippen molar-refractivity contribution in [3.63, 3.8) is 0 Å². The summed E-state index contributed by atoms with van der Waals surface area (Å²) in [5.74, 6) is 0.586. The van der Waals surface area contributed by atoms with Crippen LogP contribution < -0.4 is 9.64 Å². The Morgan fingerprint density at radius 2 is 1.86 bits per heavy atom.